The summed E-state index contributed by atoms with van der Waals surface area (Å²) in [5.41, 5.74) is 3.15. The third-order valence-electron chi connectivity index (χ3n) is 3.70. The molecule has 0 saturated heterocycles. The number of nitrogens with zero attached hydrogens (tertiary/aromatic N) is 2. The summed E-state index contributed by atoms with van der Waals surface area (Å²) in [6, 6.07) is 5.51. The number of hydroxylamine groups is 1. The number of fused-ring (bicyclic) bond motifs is 1. The molecule has 4 N–H and O–H groups in total. The molecule has 2 rings (SSSR count). The van der Waals surface area contributed by atoms with Crippen LogP contribution in [0.2, 0.25) is 0 Å². The monoisotopic (exact) mass is 345 g/mol. The fourth-order valence-electron chi connectivity index (χ4n) is 2.51. The molecule has 0 atom stereocenters. The van der Waals surface area contributed by atoms with E-state index >= 15 is 0 Å². The summed E-state index contributed by atoms with van der Waals surface area (Å²) >= 11 is 0. The molecule has 0 unspecified atom stereocenters. The molecule has 1 aromatic heterocycles. The quantitative estimate of drug-likeness (QED) is 0.315. The van der Waals surface area contributed by atoms with E-state index in [9.17, 15) is 9.59 Å². The number of nitrogens with one attached hydrogen (secondary N) is 3. The number of rotatable bonds is 9. The van der Waals surface area contributed by atoms with Gasteiger partial charge in [-0.15, -0.1) is 0 Å². The first kappa shape index (κ1) is 18.6. The highest BCUT2D eigenvalue weighted by Gasteiger charge is 2.05. The molecule has 8 nitrogen and oxygen atoms in total. The van der Waals surface area contributed by atoms with Crippen molar-refractivity contribution in [3.8, 4) is 0 Å². The van der Waals surface area contributed by atoms with Gasteiger partial charge in [0.25, 0.3) is 0 Å². The molecule has 0 saturated carbocycles. The Balaban J connectivity index is 1.86. The second-order valence-electron chi connectivity index (χ2n) is 5.76. The summed E-state index contributed by atoms with van der Waals surface area (Å²) in [6.45, 7) is 2.22. The van der Waals surface area contributed by atoms with Crippen molar-refractivity contribution in [1.29, 1.82) is 0 Å². The highest BCUT2D eigenvalue weighted by atomic mass is 16.5. The molecular weight excluding hydrogens is 322 g/mol. The number of carbonyl (C=O) groups is 2. The molecule has 0 bridgehead atoms. The number of hydrogen-bond donors (Lipinski definition) is 4. The van der Waals surface area contributed by atoms with Crippen molar-refractivity contribution < 1.29 is 14.8 Å². The van der Waals surface area contributed by atoms with Crippen LogP contribution in [-0.4, -0.2) is 33.5 Å². The Kier molecular flexibility index (Phi) is 7.09. The lowest BCUT2D eigenvalue weighted by atomic mass is 10.1. The lowest BCUT2D eigenvalue weighted by Crippen LogP contribution is -2.17. The summed E-state index contributed by atoms with van der Waals surface area (Å²) in [5, 5.41) is 15.3. The van der Waals surface area contributed by atoms with E-state index in [-0.39, 0.29) is 11.8 Å². The van der Waals surface area contributed by atoms with Gasteiger partial charge in [-0.2, -0.15) is 0 Å². The van der Waals surface area contributed by atoms with E-state index in [1.54, 1.807) is 5.48 Å². The van der Waals surface area contributed by atoms with E-state index in [0.29, 0.717) is 12.1 Å². The number of amides is 2. The molecule has 0 aliphatic heterocycles. The van der Waals surface area contributed by atoms with Gasteiger partial charge in [0.15, 0.2) is 0 Å². The van der Waals surface area contributed by atoms with Gasteiger partial charge in [0, 0.05) is 31.0 Å². The van der Waals surface area contributed by atoms with E-state index in [1.165, 1.54) is 13.3 Å². The van der Waals surface area contributed by atoms with Crippen molar-refractivity contribution in [1.82, 2.24) is 15.4 Å². The fraction of sp³-hybridized carbons (Fsp3) is 0.412. The van der Waals surface area contributed by atoms with Gasteiger partial charge in [-0.25, -0.2) is 15.4 Å². The molecular formula is C17H23N5O3. The van der Waals surface area contributed by atoms with Crippen molar-refractivity contribution in [3.63, 3.8) is 0 Å². The van der Waals surface area contributed by atoms with Crippen molar-refractivity contribution in [2.45, 2.75) is 39.0 Å². The van der Waals surface area contributed by atoms with Gasteiger partial charge in [-0.3, -0.25) is 14.8 Å². The Labute approximate surface area is 146 Å². The molecule has 2 aromatic rings. The summed E-state index contributed by atoms with van der Waals surface area (Å²) < 4.78 is 0. The maximum atomic E-state index is 11.2. The van der Waals surface area contributed by atoms with Crippen LogP contribution in [0.4, 0.5) is 11.5 Å². The van der Waals surface area contributed by atoms with Gasteiger partial charge >= 0.3 is 0 Å². The van der Waals surface area contributed by atoms with E-state index in [0.717, 1.165) is 48.9 Å². The topological polar surface area (TPSA) is 116 Å². The number of unbranched alkanes of at least 4 members (excludes halogenated alkanes) is 3. The number of carbonyl (C=O) groups excluding carboxylic acids is 2. The smallest absolute Gasteiger partial charge is 0.243 e. The van der Waals surface area contributed by atoms with Crippen LogP contribution in [0.15, 0.2) is 24.5 Å². The van der Waals surface area contributed by atoms with E-state index in [2.05, 4.69) is 20.6 Å². The van der Waals surface area contributed by atoms with Gasteiger partial charge in [-0.05, 0) is 31.0 Å². The summed E-state index contributed by atoms with van der Waals surface area (Å²) in [7, 11) is 0. The van der Waals surface area contributed by atoms with Crippen LogP contribution in [0.25, 0.3) is 10.9 Å². The van der Waals surface area contributed by atoms with Crippen molar-refractivity contribution in [3.05, 3.63) is 24.5 Å². The average molecular weight is 345 g/mol. The Bertz CT molecular complexity index is 735. The van der Waals surface area contributed by atoms with Crippen LogP contribution in [-0.2, 0) is 9.59 Å². The Morgan fingerprint density at radius 3 is 2.68 bits per heavy atom. The molecule has 25 heavy (non-hydrogen) atoms. The first-order valence-corrected chi connectivity index (χ1v) is 8.29. The Hall–Kier alpha value is -2.74. The first-order valence-electron chi connectivity index (χ1n) is 8.29. The number of anilines is 2. The standard InChI is InChI=1S/C17H23N5O3/c1-12(23)21-13-7-8-15-14(10-13)17(20-11-19-15)18-9-5-3-2-4-6-16(24)22-25/h7-8,10-11,25H,2-6,9H2,1H3,(H,21,23)(H,22,24)(H,18,19,20). The zero-order chi connectivity index (χ0) is 18.1. The Morgan fingerprint density at radius 1 is 1.12 bits per heavy atom. The van der Waals surface area contributed by atoms with Crippen molar-refractivity contribution in [2.75, 3.05) is 17.2 Å². The van der Waals surface area contributed by atoms with Crippen LogP contribution in [0.5, 0.6) is 0 Å². The van der Waals surface area contributed by atoms with Crippen LogP contribution in [0, 0.1) is 0 Å². The maximum Gasteiger partial charge on any atom is 0.243 e. The number of hydrogen-bond acceptors (Lipinski definition) is 6. The van der Waals surface area contributed by atoms with Gasteiger partial charge in [0.05, 0.1) is 5.52 Å². The lowest BCUT2D eigenvalue weighted by Gasteiger charge is -2.10. The van der Waals surface area contributed by atoms with Gasteiger partial charge < -0.3 is 10.6 Å². The zero-order valence-corrected chi connectivity index (χ0v) is 14.2. The van der Waals surface area contributed by atoms with Gasteiger partial charge in [-0.1, -0.05) is 12.8 Å². The van der Waals surface area contributed by atoms with Crippen LogP contribution in [0.3, 0.4) is 0 Å². The highest BCUT2D eigenvalue weighted by molar-refractivity contribution is 5.95. The lowest BCUT2D eigenvalue weighted by molar-refractivity contribution is -0.129. The van der Waals surface area contributed by atoms with E-state index < -0.39 is 0 Å². The minimum atomic E-state index is -0.347. The second kappa shape index (κ2) is 9.53. The maximum absolute atomic E-state index is 11.2. The normalized spacial score (nSPS) is 10.5. The molecule has 0 aliphatic carbocycles. The molecule has 8 heteroatoms. The minimum absolute atomic E-state index is 0.124. The van der Waals surface area contributed by atoms with Crippen molar-refractivity contribution in [2.24, 2.45) is 0 Å². The van der Waals surface area contributed by atoms with Gasteiger partial charge in [0.1, 0.15) is 12.1 Å². The predicted octanol–water partition coefficient (Wildman–Crippen LogP) is 2.46. The minimum Gasteiger partial charge on any atom is -0.369 e. The largest absolute Gasteiger partial charge is 0.369 e. The summed E-state index contributed by atoms with van der Waals surface area (Å²) in [4.78, 5) is 30.6. The van der Waals surface area contributed by atoms with Crippen molar-refractivity contribution >= 4 is 34.2 Å². The molecule has 0 spiro atoms. The molecule has 1 heterocycles. The van der Waals surface area contributed by atoms with E-state index in [4.69, 9.17) is 5.21 Å². The molecule has 0 aliphatic rings. The van der Waals surface area contributed by atoms with Crippen LogP contribution in [0.1, 0.15) is 39.0 Å². The molecule has 2 amide bonds. The van der Waals surface area contributed by atoms with Crippen LogP contribution >= 0.6 is 0 Å². The second-order valence-corrected chi connectivity index (χ2v) is 5.76. The third-order valence-corrected chi connectivity index (χ3v) is 3.70. The Morgan fingerprint density at radius 2 is 1.92 bits per heavy atom. The predicted molar refractivity (Wildman–Crippen MR) is 95.3 cm³/mol. The highest BCUT2D eigenvalue weighted by Crippen LogP contribution is 2.23. The number of aromatic nitrogens is 2. The zero-order valence-electron chi connectivity index (χ0n) is 14.2. The van der Waals surface area contributed by atoms with Crippen LogP contribution < -0.4 is 16.1 Å². The van der Waals surface area contributed by atoms with E-state index in [1.807, 2.05) is 18.2 Å². The first-order chi connectivity index (χ1) is 12.1. The average Bonchev–Trinajstić information content (AvgIpc) is 2.60. The number of benzene rings is 1. The summed E-state index contributed by atoms with van der Waals surface area (Å²) in [6.07, 6.45) is 5.45. The molecule has 134 valence electrons. The molecule has 0 radical (unpaired) electrons. The fourth-order valence-corrected chi connectivity index (χ4v) is 2.51. The van der Waals surface area contributed by atoms with Gasteiger partial charge in [0.2, 0.25) is 11.8 Å². The summed E-state index contributed by atoms with van der Waals surface area (Å²) in [5.74, 6) is 0.262. The molecule has 0 fully saturated rings. The molecule has 1 aromatic carbocycles. The third kappa shape index (κ3) is 6.00. The SMILES string of the molecule is CC(=O)Nc1ccc2ncnc(NCCCCCCC(=O)NO)c2c1.